The number of nitrogens with zero attached hydrogens (tertiary/aromatic N) is 1. The largest absolute Gasteiger partial charge is 0.466 e. The van der Waals surface area contributed by atoms with E-state index in [1.807, 2.05) is 14.0 Å². The maximum atomic E-state index is 11.3. The highest BCUT2D eigenvalue weighted by atomic mass is 16.5. The highest BCUT2D eigenvalue weighted by Crippen LogP contribution is 2.20. The Balaban J connectivity index is 2.37. The van der Waals surface area contributed by atoms with Crippen LogP contribution in [0.15, 0.2) is 0 Å². The summed E-state index contributed by atoms with van der Waals surface area (Å²) in [6, 6.07) is 0.0818. The second-order valence-electron chi connectivity index (χ2n) is 5.00. The summed E-state index contributed by atoms with van der Waals surface area (Å²) in [5.74, 6) is 0.249. The van der Waals surface area contributed by atoms with E-state index in [4.69, 9.17) is 4.74 Å². The van der Waals surface area contributed by atoms with Crippen molar-refractivity contribution in [1.82, 2.24) is 10.2 Å². The molecule has 1 aliphatic heterocycles. The highest BCUT2D eigenvalue weighted by molar-refractivity contribution is 5.69. The fourth-order valence-corrected chi connectivity index (χ4v) is 2.54. The fraction of sp³-hybridized carbons (Fsp3) is 0.846. The number of alkyl carbamates (subject to hydrolysis) is 1. The van der Waals surface area contributed by atoms with Gasteiger partial charge in [0, 0.05) is 25.6 Å². The molecule has 1 aliphatic rings. The van der Waals surface area contributed by atoms with Gasteiger partial charge < -0.3 is 19.7 Å². The number of hydrogen-bond donors (Lipinski definition) is 1. The number of carbonyl (C=O) groups is 2. The number of piperidine rings is 1. The van der Waals surface area contributed by atoms with E-state index in [0.29, 0.717) is 18.9 Å². The van der Waals surface area contributed by atoms with Crippen molar-refractivity contribution in [2.45, 2.75) is 32.2 Å². The Bertz CT molecular complexity index is 309. The van der Waals surface area contributed by atoms with Crippen molar-refractivity contribution >= 4 is 12.1 Å². The SMILES string of the molecule is CCOC(=O)CCC1CC(NC(=O)OC)CN(C)C1. The van der Waals surface area contributed by atoms with E-state index >= 15 is 0 Å². The van der Waals surface area contributed by atoms with Crippen molar-refractivity contribution in [3.8, 4) is 0 Å². The molecule has 1 rings (SSSR count). The standard InChI is InChI=1S/C13H24N2O4/c1-4-19-12(16)6-5-10-7-11(9-15(2)8-10)14-13(17)18-3/h10-11H,4-9H2,1-3H3,(H,14,17). The lowest BCUT2D eigenvalue weighted by Crippen LogP contribution is -2.49. The van der Waals surface area contributed by atoms with Gasteiger partial charge in [0.1, 0.15) is 0 Å². The van der Waals surface area contributed by atoms with Gasteiger partial charge in [0.25, 0.3) is 0 Å². The topological polar surface area (TPSA) is 67.9 Å². The summed E-state index contributed by atoms with van der Waals surface area (Å²) >= 11 is 0. The Labute approximate surface area is 114 Å². The molecule has 1 fully saturated rings. The van der Waals surface area contributed by atoms with Crippen LogP contribution in [-0.4, -0.2) is 56.9 Å². The summed E-state index contributed by atoms with van der Waals surface area (Å²) in [7, 11) is 3.38. The zero-order valence-electron chi connectivity index (χ0n) is 12.0. The molecule has 6 heteroatoms. The zero-order chi connectivity index (χ0) is 14.3. The molecule has 0 aliphatic carbocycles. The van der Waals surface area contributed by atoms with Crippen LogP contribution in [-0.2, 0) is 14.3 Å². The van der Waals surface area contributed by atoms with Crippen molar-refractivity contribution in [2.75, 3.05) is 33.9 Å². The number of likely N-dealkylation sites (tertiary alicyclic amines) is 1. The number of ether oxygens (including phenoxy) is 2. The Morgan fingerprint density at radius 2 is 2.11 bits per heavy atom. The molecule has 1 N–H and O–H groups in total. The Kier molecular flexibility index (Phi) is 6.62. The molecule has 6 nitrogen and oxygen atoms in total. The number of hydrogen-bond acceptors (Lipinski definition) is 5. The Morgan fingerprint density at radius 1 is 1.37 bits per heavy atom. The van der Waals surface area contributed by atoms with Gasteiger partial charge >= 0.3 is 12.1 Å². The molecule has 19 heavy (non-hydrogen) atoms. The van der Waals surface area contributed by atoms with E-state index in [9.17, 15) is 9.59 Å². The summed E-state index contributed by atoms with van der Waals surface area (Å²) in [6.07, 6.45) is 1.71. The summed E-state index contributed by atoms with van der Waals surface area (Å²) < 4.78 is 9.54. The van der Waals surface area contributed by atoms with Crippen molar-refractivity contribution < 1.29 is 19.1 Å². The quantitative estimate of drug-likeness (QED) is 0.756. The third kappa shape index (κ3) is 5.92. The van der Waals surface area contributed by atoms with Crippen LogP contribution < -0.4 is 5.32 Å². The minimum Gasteiger partial charge on any atom is -0.466 e. The predicted octanol–water partition coefficient (Wildman–Crippen LogP) is 1.01. The second-order valence-corrected chi connectivity index (χ2v) is 5.00. The molecule has 1 heterocycles. The van der Waals surface area contributed by atoms with Crippen LogP contribution in [0.3, 0.4) is 0 Å². The molecular formula is C13H24N2O4. The first-order valence-corrected chi connectivity index (χ1v) is 6.73. The van der Waals surface area contributed by atoms with Gasteiger partial charge in [-0.05, 0) is 32.7 Å². The predicted molar refractivity (Wildman–Crippen MR) is 70.8 cm³/mol. The molecular weight excluding hydrogens is 248 g/mol. The molecule has 1 saturated heterocycles. The maximum Gasteiger partial charge on any atom is 0.407 e. The van der Waals surface area contributed by atoms with Gasteiger partial charge in [-0.2, -0.15) is 0 Å². The molecule has 0 spiro atoms. The minimum atomic E-state index is -0.399. The molecule has 0 aromatic carbocycles. The molecule has 0 aromatic heterocycles. The molecule has 110 valence electrons. The number of esters is 1. The molecule has 1 amide bonds. The van der Waals surface area contributed by atoms with Crippen molar-refractivity contribution in [3.63, 3.8) is 0 Å². The normalized spacial score (nSPS) is 23.7. The molecule has 2 atom stereocenters. The van der Waals surface area contributed by atoms with E-state index in [2.05, 4.69) is 15.0 Å². The summed E-state index contributed by atoms with van der Waals surface area (Å²) in [6.45, 7) is 3.99. The summed E-state index contributed by atoms with van der Waals surface area (Å²) in [4.78, 5) is 24.7. The van der Waals surface area contributed by atoms with E-state index in [1.165, 1.54) is 7.11 Å². The average Bonchev–Trinajstić information content (AvgIpc) is 2.36. The minimum absolute atomic E-state index is 0.0818. The van der Waals surface area contributed by atoms with Crippen LogP contribution in [0, 0.1) is 5.92 Å². The molecule has 0 radical (unpaired) electrons. The van der Waals surface area contributed by atoms with Crippen molar-refractivity contribution in [3.05, 3.63) is 0 Å². The number of amides is 1. The van der Waals surface area contributed by atoms with Crippen LogP contribution in [0.2, 0.25) is 0 Å². The van der Waals surface area contributed by atoms with Crippen molar-refractivity contribution in [1.29, 1.82) is 0 Å². The van der Waals surface area contributed by atoms with Crippen LogP contribution in [0.5, 0.6) is 0 Å². The number of rotatable bonds is 5. The van der Waals surface area contributed by atoms with Crippen molar-refractivity contribution in [2.24, 2.45) is 5.92 Å². The van der Waals surface area contributed by atoms with Crippen LogP contribution in [0.25, 0.3) is 0 Å². The van der Waals surface area contributed by atoms with Gasteiger partial charge in [0.15, 0.2) is 0 Å². The van der Waals surface area contributed by atoms with Gasteiger partial charge in [0.2, 0.25) is 0 Å². The number of methoxy groups -OCH3 is 1. The molecule has 2 unspecified atom stereocenters. The lowest BCUT2D eigenvalue weighted by molar-refractivity contribution is -0.143. The molecule has 0 saturated carbocycles. The van der Waals surface area contributed by atoms with Gasteiger partial charge in [0.05, 0.1) is 13.7 Å². The van der Waals surface area contributed by atoms with Crippen LogP contribution in [0.1, 0.15) is 26.2 Å². The van der Waals surface area contributed by atoms with E-state index in [-0.39, 0.29) is 12.0 Å². The average molecular weight is 272 g/mol. The summed E-state index contributed by atoms with van der Waals surface area (Å²) in [5, 5.41) is 2.82. The third-order valence-corrected chi connectivity index (χ3v) is 3.29. The third-order valence-electron chi connectivity index (χ3n) is 3.29. The highest BCUT2D eigenvalue weighted by Gasteiger charge is 2.26. The van der Waals surface area contributed by atoms with Crippen LogP contribution >= 0.6 is 0 Å². The fourth-order valence-electron chi connectivity index (χ4n) is 2.54. The molecule has 0 aromatic rings. The number of nitrogens with one attached hydrogen (secondary N) is 1. The van der Waals surface area contributed by atoms with Gasteiger partial charge in [-0.3, -0.25) is 4.79 Å². The monoisotopic (exact) mass is 272 g/mol. The zero-order valence-corrected chi connectivity index (χ0v) is 12.0. The number of carbonyl (C=O) groups excluding carboxylic acids is 2. The first kappa shape index (κ1) is 15.8. The second kappa shape index (κ2) is 7.99. The maximum absolute atomic E-state index is 11.3. The van der Waals surface area contributed by atoms with Crippen LogP contribution in [0.4, 0.5) is 4.79 Å². The first-order valence-electron chi connectivity index (χ1n) is 6.73. The Morgan fingerprint density at radius 3 is 2.74 bits per heavy atom. The van der Waals surface area contributed by atoms with Gasteiger partial charge in [-0.1, -0.05) is 0 Å². The lowest BCUT2D eigenvalue weighted by atomic mass is 9.90. The first-order chi connectivity index (χ1) is 9.05. The smallest absolute Gasteiger partial charge is 0.407 e. The molecule has 0 bridgehead atoms. The van der Waals surface area contributed by atoms with Gasteiger partial charge in [-0.15, -0.1) is 0 Å². The lowest BCUT2D eigenvalue weighted by Gasteiger charge is -2.35. The Hall–Kier alpha value is -1.30. The summed E-state index contributed by atoms with van der Waals surface area (Å²) in [5.41, 5.74) is 0. The van der Waals surface area contributed by atoms with E-state index < -0.39 is 6.09 Å². The van der Waals surface area contributed by atoms with E-state index in [0.717, 1.165) is 25.9 Å². The van der Waals surface area contributed by atoms with E-state index in [1.54, 1.807) is 0 Å². The van der Waals surface area contributed by atoms with Gasteiger partial charge in [-0.25, -0.2) is 4.79 Å². The number of likely N-dealkylation sites (N-methyl/N-ethyl adjacent to an activating group) is 1.